The van der Waals surface area contributed by atoms with Crippen molar-refractivity contribution in [2.24, 2.45) is 5.73 Å². The van der Waals surface area contributed by atoms with E-state index < -0.39 is 0 Å². The average molecular weight is 260 g/mol. The molecule has 1 aromatic rings. The van der Waals surface area contributed by atoms with Crippen molar-refractivity contribution in [2.75, 3.05) is 6.54 Å². The van der Waals surface area contributed by atoms with Crippen LogP contribution in [0.1, 0.15) is 57.6 Å². The number of hydrogen-bond donors (Lipinski definition) is 1. The lowest BCUT2D eigenvalue weighted by atomic mass is 10.0. The maximum atomic E-state index is 6.26. The number of benzene rings is 1. The third-order valence-electron chi connectivity index (χ3n) is 4.58. The van der Waals surface area contributed by atoms with E-state index in [1.807, 2.05) is 6.07 Å². The van der Waals surface area contributed by atoms with Crippen LogP contribution in [0.15, 0.2) is 30.3 Å². The molecule has 2 nitrogen and oxygen atoms in total. The van der Waals surface area contributed by atoms with Crippen molar-refractivity contribution in [2.45, 2.75) is 64.1 Å². The molecule has 0 aliphatic carbocycles. The highest BCUT2D eigenvalue weighted by Gasteiger charge is 2.28. The summed E-state index contributed by atoms with van der Waals surface area (Å²) in [6.07, 6.45) is 6.32. The normalized spacial score (nSPS) is 25.6. The molecule has 3 unspecified atom stereocenters. The van der Waals surface area contributed by atoms with E-state index in [2.05, 4.69) is 43.0 Å². The molecule has 0 radical (unpaired) electrons. The summed E-state index contributed by atoms with van der Waals surface area (Å²) in [5.41, 5.74) is 7.53. The maximum Gasteiger partial charge on any atom is 0.0295 e. The van der Waals surface area contributed by atoms with Crippen LogP contribution in [0.3, 0.4) is 0 Å². The monoisotopic (exact) mass is 260 g/mol. The van der Waals surface area contributed by atoms with E-state index >= 15 is 0 Å². The average Bonchev–Trinajstić information content (AvgIpc) is 2.80. The van der Waals surface area contributed by atoms with E-state index in [0.29, 0.717) is 0 Å². The molecule has 2 heteroatoms. The molecular formula is C17H28N2. The summed E-state index contributed by atoms with van der Waals surface area (Å²) in [7, 11) is 0. The molecular weight excluding hydrogens is 232 g/mol. The van der Waals surface area contributed by atoms with Gasteiger partial charge in [0.1, 0.15) is 0 Å². The molecule has 3 atom stereocenters. The van der Waals surface area contributed by atoms with E-state index in [4.69, 9.17) is 5.73 Å². The molecule has 1 aromatic carbocycles. The first-order valence-electron chi connectivity index (χ1n) is 7.78. The second-order valence-corrected chi connectivity index (χ2v) is 5.89. The predicted molar refractivity (Wildman–Crippen MR) is 82.1 cm³/mol. The Kier molecular flexibility index (Phi) is 5.41. The Morgan fingerprint density at radius 2 is 2.00 bits per heavy atom. The molecule has 0 amide bonds. The standard InChI is InChI=1S/C17H28N2/c1-3-16-12-11-14(2)19(16)13-7-10-17(18)15-8-5-4-6-9-15/h4-6,8-9,14,16-17H,3,7,10-13,18H2,1-2H3. The van der Waals surface area contributed by atoms with Gasteiger partial charge in [-0.15, -0.1) is 0 Å². The van der Waals surface area contributed by atoms with Crippen LogP contribution >= 0.6 is 0 Å². The zero-order valence-corrected chi connectivity index (χ0v) is 12.4. The molecule has 106 valence electrons. The van der Waals surface area contributed by atoms with E-state index in [9.17, 15) is 0 Å². The first kappa shape index (κ1) is 14.5. The van der Waals surface area contributed by atoms with E-state index in [1.165, 1.54) is 37.8 Å². The molecule has 1 aliphatic rings. The molecule has 0 saturated carbocycles. The van der Waals surface area contributed by atoms with Gasteiger partial charge in [-0.25, -0.2) is 0 Å². The first-order valence-corrected chi connectivity index (χ1v) is 7.78. The van der Waals surface area contributed by atoms with Gasteiger partial charge in [0.25, 0.3) is 0 Å². The highest BCUT2D eigenvalue weighted by Crippen LogP contribution is 2.26. The van der Waals surface area contributed by atoms with E-state index in [0.717, 1.165) is 18.5 Å². The van der Waals surface area contributed by atoms with Crippen molar-refractivity contribution in [3.05, 3.63) is 35.9 Å². The van der Waals surface area contributed by atoms with Gasteiger partial charge in [-0.2, -0.15) is 0 Å². The smallest absolute Gasteiger partial charge is 0.0295 e. The van der Waals surface area contributed by atoms with Gasteiger partial charge >= 0.3 is 0 Å². The molecule has 2 rings (SSSR count). The third kappa shape index (κ3) is 3.80. The lowest BCUT2D eigenvalue weighted by Crippen LogP contribution is -2.35. The fourth-order valence-electron chi connectivity index (χ4n) is 3.33. The molecule has 1 saturated heterocycles. The van der Waals surface area contributed by atoms with Crippen molar-refractivity contribution in [3.63, 3.8) is 0 Å². The molecule has 0 aromatic heterocycles. The maximum absolute atomic E-state index is 6.26. The highest BCUT2D eigenvalue weighted by atomic mass is 15.2. The predicted octanol–water partition coefficient (Wildman–Crippen LogP) is 3.73. The molecule has 1 aliphatic heterocycles. The lowest BCUT2D eigenvalue weighted by molar-refractivity contribution is 0.193. The molecule has 1 fully saturated rings. The van der Waals surface area contributed by atoms with E-state index in [1.54, 1.807) is 0 Å². The van der Waals surface area contributed by atoms with Gasteiger partial charge in [-0.05, 0) is 51.1 Å². The first-order chi connectivity index (χ1) is 9.22. The number of nitrogens with two attached hydrogens (primary N) is 1. The number of nitrogens with zero attached hydrogens (tertiary/aromatic N) is 1. The quantitative estimate of drug-likeness (QED) is 0.844. The Labute approximate surface area is 118 Å². The van der Waals surface area contributed by atoms with Gasteiger partial charge < -0.3 is 5.73 Å². The van der Waals surface area contributed by atoms with Gasteiger partial charge in [-0.1, -0.05) is 37.3 Å². The minimum Gasteiger partial charge on any atom is -0.324 e. The Morgan fingerprint density at radius 1 is 1.26 bits per heavy atom. The molecule has 19 heavy (non-hydrogen) atoms. The zero-order valence-electron chi connectivity index (χ0n) is 12.4. The minimum atomic E-state index is 0.194. The second kappa shape index (κ2) is 7.06. The summed E-state index contributed by atoms with van der Waals surface area (Å²) >= 11 is 0. The van der Waals surface area contributed by atoms with Crippen molar-refractivity contribution in [1.29, 1.82) is 0 Å². The molecule has 0 bridgehead atoms. The SMILES string of the molecule is CCC1CCC(C)N1CCCC(N)c1ccccc1. The van der Waals surface area contributed by atoms with Gasteiger partial charge in [0.2, 0.25) is 0 Å². The van der Waals surface area contributed by atoms with Gasteiger partial charge in [0, 0.05) is 18.1 Å². The summed E-state index contributed by atoms with van der Waals surface area (Å²) < 4.78 is 0. The number of likely N-dealkylation sites (tertiary alicyclic amines) is 1. The van der Waals surface area contributed by atoms with Crippen LogP contribution in [0, 0.1) is 0 Å². The van der Waals surface area contributed by atoms with Crippen LogP contribution in [0.5, 0.6) is 0 Å². The Hall–Kier alpha value is -0.860. The summed E-state index contributed by atoms with van der Waals surface area (Å²) in [6.45, 7) is 5.89. The summed E-state index contributed by atoms with van der Waals surface area (Å²) in [5.74, 6) is 0. The van der Waals surface area contributed by atoms with Crippen LogP contribution in [-0.2, 0) is 0 Å². The van der Waals surface area contributed by atoms with Crippen molar-refractivity contribution in [1.82, 2.24) is 4.90 Å². The number of rotatable bonds is 6. The second-order valence-electron chi connectivity index (χ2n) is 5.89. The Balaban J connectivity index is 1.77. The topological polar surface area (TPSA) is 29.3 Å². The Morgan fingerprint density at radius 3 is 2.68 bits per heavy atom. The third-order valence-corrected chi connectivity index (χ3v) is 4.58. The van der Waals surface area contributed by atoms with Crippen LogP contribution in [0.4, 0.5) is 0 Å². The van der Waals surface area contributed by atoms with Crippen LogP contribution in [0.25, 0.3) is 0 Å². The summed E-state index contributed by atoms with van der Waals surface area (Å²) in [6, 6.07) is 12.2. The van der Waals surface area contributed by atoms with E-state index in [-0.39, 0.29) is 6.04 Å². The lowest BCUT2D eigenvalue weighted by Gasteiger charge is -2.28. The summed E-state index contributed by atoms with van der Waals surface area (Å²) in [4.78, 5) is 2.69. The fourth-order valence-corrected chi connectivity index (χ4v) is 3.33. The molecule has 0 spiro atoms. The zero-order chi connectivity index (χ0) is 13.7. The van der Waals surface area contributed by atoms with Crippen molar-refractivity contribution in [3.8, 4) is 0 Å². The minimum absolute atomic E-state index is 0.194. The van der Waals surface area contributed by atoms with Gasteiger partial charge in [0.15, 0.2) is 0 Å². The highest BCUT2D eigenvalue weighted by molar-refractivity contribution is 5.18. The number of hydrogen-bond acceptors (Lipinski definition) is 2. The fraction of sp³-hybridized carbons (Fsp3) is 0.647. The van der Waals surface area contributed by atoms with Gasteiger partial charge in [0.05, 0.1) is 0 Å². The summed E-state index contributed by atoms with van der Waals surface area (Å²) in [5, 5.41) is 0. The van der Waals surface area contributed by atoms with Crippen molar-refractivity contribution < 1.29 is 0 Å². The van der Waals surface area contributed by atoms with Crippen molar-refractivity contribution >= 4 is 0 Å². The van der Waals surface area contributed by atoms with Crippen LogP contribution in [0.2, 0.25) is 0 Å². The molecule has 2 N–H and O–H groups in total. The Bertz CT molecular complexity index is 363. The van der Waals surface area contributed by atoms with Crippen LogP contribution < -0.4 is 5.73 Å². The largest absolute Gasteiger partial charge is 0.324 e. The molecule has 1 heterocycles. The van der Waals surface area contributed by atoms with Crippen LogP contribution in [-0.4, -0.2) is 23.5 Å². The van der Waals surface area contributed by atoms with Gasteiger partial charge in [-0.3, -0.25) is 4.90 Å².